The molecule has 0 radical (unpaired) electrons. The molecule has 82 valence electrons. The van der Waals surface area contributed by atoms with Crippen molar-refractivity contribution in [2.75, 3.05) is 5.73 Å². The van der Waals surface area contributed by atoms with Crippen LogP contribution in [0.15, 0.2) is 23.1 Å². The molecule has 0 saturated carbocycles. The number of benzene rings is 1. The highest BCUT2D eigenvalue weighted by Gasteiger charge is 2.12. The molecule has 4 nitrogen and oxygen atoms in total. The number of thioether (sulfide) groups is 1. The zero-order valence-electron chi connectivity index (χ0n) is 8.77. The maximum absolute atomic E-state index is 10.5. The lowest BCUT2D eigenvalue weighted by molar-refractivity contribution is -0.383. The molecule has 1 atom stereocenters. The third-order valence-electron chi connectivity index (χ3n) is 2.11. The number of nitrogen functional groups attached to an aromatic ring is 1. The first-order valence-corrected chi connectivity index (χ1v) is 5.63. The van der Waals surface area contributed by atoms with Crippen LogP contribution in [0.2, 0.25) is 0 Å². The van der Waals surface area contributed by atoms with E-state index in [0.717, 1.165) is 11.3 Å². The summed E-state index contributed by atoms with van der Waals surface area (Å²) in [6.07, 6.45) is 1.06. The Morgan fingerprint density at radius 3 is 2.73 bits per heavy atom. The molecule has 1 unspecified atom stereocenters. The number of anilines is 1. The van der Waals surface area contributed by atoms with Crippen LogP contribution in [0.3, 0.4) is 0 Å². The molecule has 2 N–H and O–H groups in total. The summed E-state index contributed by atoms with van der Waals surface area (Å²) in [4.78, 5) is 11.0. The van der Waals surface area contributed by atoms with Crippen molar-refractivity contribution < 1.29 is 4.92 Å². The van der Waals surface area contributed by atoms with Crippen LogP contribution in [-0.4, -0.2) is 10.2 Å². The zero-order chi connectivity index (χ0) is 11.4. The molecule has 0 aliphatic heterocycles. The molecule has 0 aliphatic rings. The van der Waals surface area contributed by atoms with E-state index in [9.17, 15) is 10.1 Å². The minimum Gasteiger partial charge on any atom is -0.393 e. The monoisotopic (exact) mass is 226 g/mol. The van der Waals surface area contributed by atoms with E-state index in [2.05, 4.69) is 13.8 Å². The second-order valence-electron chi connectivity index (χ2n) is 3.31. The predicted molar refractivity (Wildman–Crippen MR) is 63.1 cm³/mol. The van der Waals surface area contributed by atoms with Gasteiger partial charge in [0.15, 0.2) is 0 Å². The Bertz CT molecular complexity index is 368. The predicted octanol–water partition coefficient (Wildman–Crippen LogP) is 3.07. The highest BCUT2D eigenvalue weighted by molar-refractivity contribution is 7.99. The summed E-state index contributed by atoms with van der Waals surface area (Å²) in [5.74, 6) is 0. The van der Waals surface area contributed by atoms with Gasteiger partial charge in [-0.15, -0.1) is 11.8 Å². The fraction of sp³-hybridized carbons (Fsp3) is 0.400. The molecule has 0 amide bonds. The van der Waals surface area contributed by atoms with Crippen molar-refractivity contribution in [1.82, 2.24) is 0 Å². The van der Waals surface area contributed by atoms with Gasteiger partial charge >= 0.3 is 0 Å². The second-order valence-corrected chi connectivity index (χ2v) is 4.83. The van der Waals surface area contributed by atoms with Gasteiger partial charge in [-0.3, -0.25) is 10.1 Å². The summed E-state index contributed by atoms with van der Waals surface area (Å²) in [6, 6.07) is 4.86. The van der Waals surface area contributed by atoms with Gasteiger partial charge in [0.2, 0.25) is 0 Å². The number of hydrogen-bond acceptors (Lipinski definition) is 4. The van der Waals surface area contributed by atoms with Crippen molar-refractivity contribution in [2.24, 2.45) is 0 Å². The lowest BCUT2D eigenvalue weighted by Crippen LogP contribution is -1.97. The van der Waals surface area contributed by atoms with Gasteiger partial charge in [0, 0.05) is 16.2 Å². The molecule has 1 rings (SSSR count). The van der Waals surface area contributed by atoms with Crippen molar-refractivity contribution in [2.45, 2.75) is 30.4 Å². The normalized spacial score (nSPS) is 12.4. The van der Waals surface area contributed by atoms with E-state index in [4.69, 9.17) is 5.73 Å². The third-order valence-corrected chi connectivity index (χ3v) is 3.37. The van der Waals surface area contributed by atoms with E-state index in [-0.39, 0.29) is 11.4 Å². The fourth-order valence-electron chi connectivity index (χ4n) is 1.09. The minimum absolute atomic E-state index is 0.0245. The first-order valence-electron chi connectivity index (χ1n) is 4.75. The number of rotatable bonds is 4. The summed E-state index contributed by atoms with van der Waals surface area (Å²) in [7, 11) is 0. The molecular weight excluding hydrogens is 212 g/mol. The Kier molecular flexibility index (Phi) is 3.96. The smallest absolute Gasteiger partial charge is 0.292 e. The van der Waals surface area contributed by atoms with Gasteiger partial charge in [-0.2, -0.15) is 0 Å². The average molecular weight is 226 g/mol. The Morgan fingerprint density at radius 1 is 1.60 bits per heavy atom. The van der Waals surface area contributed by atoms with Crippen molar-refractivity contribution >= 4 is 23.1 Å². The summed E-state index contributed by atoms with van der Waals surface area (Å²) in [6.45, 7) is 4.22. The van der Waals surface area contributed by atoms with Crippen LogP contribution in [0.25, 0.3) is 0 Å². The Morgan fingerprint density at radius 2 is 2.27 bits per heavy atom. The van der Waals surface area contributed by atoms with Crippen LogP contribution in [0.5, 0.6) is 0 Å². The maximum atomic E-state index is 10.5. The van der Waals surface area contributed by atoms with Gasteiger partial charge in [-0.05, 0) is 18.6 Å². The Hall–Kier alpha value is -1.23. The van der Waals surface area contributed by atoms with Gasteiger partial charge < -0.3 is 5.73 Å². The van der Waals surface area contributed by atoms with E-state index < -0.39 is 4.92 Å². The average Bonchev–Trinajstić information content (AvgIpc) is 2.17. The van der Waals surface area contributed by atoms with Gasteiger partial charge in [-0.25, -0.2) is 0 Å². The number of nitro benzene ring substituents is 1. The summed E-state index contributed by atoms with van der Waals surface area (Å²) >= 11 is 1.68. The van der Waals surface area contributed by atoms with Crippen molar-refractivity contribution in [3.63, 3.8) is 0 Å². The van der Waals surface area contributed by atoms with Crippen molar-refractivity contribution in [3.05, 3.63) is 28.3 Å². The number of nitro groups is 1. The van der Waals surface area contributed by atoms with Crippen LogP contribution in [-0.2, 0) is 0 Å². The topological polar surface area (TPSA) is 69.2 Å². The molecule has 0 fully saturated rings. The van der Waals surface area contributed by atoms with Crippen molar-refractivity contribution in [1.29, 1.82) is 0 Å². The molecule has 5 heteroatoms. The molecule has 0 heterocycles. The summed E-state index contributed by atoms with van der Waals surface area (Å²) < 4.78 is 0. The first-order chi connectivity index (χ1) is 7.04. The van der Waals surface area contributed by atoms with E-state index in [1.54, 1.807) is 23.9 Å². The Balaban J connectivity index is 2.87. The fourth-order valence-corrected chi connectivity index (χ4v) is 2.06. The quantitative estimate of drug-likeness (QED) is 0.371. The van der Waals surface area contributed by atoms with Crippen LogP contribution < -0.4 is 5.73 Å². The van der Waals surface area contributed by atoms with Gasteiger partial charge in [0.25, 0.3) is 5.69 Å². The molecule has 0 aliphatic carbocycles. The van der Waals surface area contributed by atoms with Crippen LogP contribution in [0.1, 0.15) is 20.3 Å². The second kappa shape index (κ2) is 5.02. The molecule has 0 saturated heterocycles. The van der Waals surface area contributed by atoms with Crippen LogP contribution in [0.4, 0.5) is 11.4 Å². The maximum Gasteiger partial charge on any atom is 0.292 e. The van der Waals surface area contributed by atoms with E-state index >= 15 is 0 Å². The highest BCUT2D eigenvalue weighted by Crippen LogP contribution is 2.30. The molecule has 0 bridgehead atoms. The van der Waals surface area contributed by atoms with E-state index in [1.807, 2.05) is 0 Å². The minimum atomic E-state index is -0.465. The third kappa shape index (κ3) is 3.13. The van der Waals surface area contributed by atoms with E-state index in [1.165, 1.54) is 6.07 Å². The number of hydrogen-bond donors (Lipinski definition) is 1. The molecule has 1 aromatic rings. The highest BCUT2D eigenvalue weighted by atomic mass is 32.2. The van der Waals surface area contributed by atoms with Crippen LogP contribution >= 0.6 is 11.8 Å². The number of nitrogens with zero attached hydrogens (tertiary/aromatic N) is 1. The summed E-state index contributed by atoms with van der Waals surface area (Å²) in [5.41, 5.74) is 5.79. The molecule has 1 aromatic carbocycles. The molecule has 0 aromatic heterocycles. The number of nitrogens with two attached hydrogens (primary N) is 1. The lowest BCUT2D eigenvalue weighted by Gasteiger charge is -2.08. The molecule has 15 heavy (non-hydrogen) atoms. The molecule has 0 spiro atoms. The SMILES string of the molecule is CCC(C)Sc1ccc([N+](=O)[O-])c(N)c1. The largest absolute Gasteiger partial charge is 0.393 e. The van der Waals surface area contributed by atoms with Gasteiger partial charge in [-0.1, -0.05) is 13.8 Å². The van der Waals surface area contributed by atoms with E-state index in [0.29, 0.717) is 5.25 Å². The van der Waals surface area contributed by atoms with Gasteiger partial charge in [0.1, 0.15) is 5.69 Å². The first kappa shape index (κ1) is 11.8. The zero-order valence-corrected chi connectivity index (χ0v) is 9.58. The standard InChI is InChI=1S/C10H14N2O2S/c1-3-7(2)15-8-4-5-10(12(13)14)9(11)6-8/h4-7H,3,11H2,1-2H3. The molecular formula is C10H14N2O2S. The lowest BCUT2D eigenvalue weighted by atomic mass is 10.3. The summed E-state index contributed by atoms with van der Waals surface area (Å²) in [5, 5.41) is 11.0. The van der Waals surface area contributed by atoms with Crippen LogP contribution in [0, 0.1) is 10.1 Å². The van der Waals surface area contributed by atoms with Gasteiger partial charge in [0.05, 0.1) is 4.92 Å². The van der Waals surface area contributed by atoms with Crippen molar-refractivity contribution in [3.8, 4) is 0 Å². The Labute approximate surface area is 93.0 Å².